The molecule has 0 bridgehead atoms. The number of hydrogen-bond donors (Lipinski definition) is 1. The number of carboxylic acid groups (broad SMARTS) is 1. The summed E-state index contributed by atoms with van der Waals surface area (Å²) in [5.74, 6) is -0.476. The second-order valence-electron chi connectivity index (χ2n) is 3.22. The first-order valence-corrected chi connectivity index (χ1v) is 6.58. The monoisotopic (exact) mass is 271 g/mol. The molecule has 0 aliphatic rings. The second kappa shape index (κ2) is 5.28. The van der Waals surface area contributed by atoms with Gasteiger partial charge >= 0.3 is 5.97 Å². The van der Waals surface area contributed by atoms with Crippen molar-refractivity contribution in [2.45, 2.75) is 18.6 Å². The number of thiazole rings is 1. The van der Waals surface area contributed by atoms with Crippen LogP contribution in [0.3, 0.4) is 0 Å². The fraction of sp³-hybridized carbons (Fsp3) is 0.333. The molecule has 0 saturated heterocycles. The maximum atomic E-state index is 10.4. The molecule has 8 heteroatoms. The topological polar surface area (TPSA) is 89.1 Å². The van der Waals surface area contributed by atoms with E-state index in [-0.39, 0.29) is 11.0 Å². The summed E-state index contributed by atoms with van der Waals surface area (Å²) >= 11 is 2.55. The number of hydrogen-bond acceptors (Lipinski definition) is 7. The first-order valence-electron chi connectivity index (χ1n) is 4.71. The SMILES string of the molecule is Cc1csc(Cc2noc(SCC(=O)O)n2)n1. The third-order valence-electron chi connectivity index (χ3n) is 1.74. The minimum absolute atomic E-state index is 0.0853. The van der Waals surface area contributed by atoms with Crippen molar-refractivity contribution in [1.29, 1.82) is 0 Å². The van der Waals surface area contributed by atoms with E-state index in [2.05, 4.69) is 15.1 Å². The Labute approximate surface area is 105 Å². The van der Waals surface area contributed by atoms with Crippen LogP contribution in [0.2, 0.25) is 0 Å². The van der Waals surface area contributed by atoms with Crippen LogP contribution >= 0.6 is 23.1 Å². The molecule has 0 aliphatic carbocycles. The molecule has 0 aromatic carbocycles. The Bertz CT molecular complexity index is 523. The first-order chi connectivity index (χ1) is 8.13. The number of aliphatic carboxylic acids is 1. The largest absolute Gasteiger partial charge is 0.481 e. The summed E-state index contributed by atoms with van der Waals surface area (Å²) in [6, 6.07) is 0. The number of aryl methyl sites for hydroxylation is 1. The Morgan fingerprint density at radius 1 is 1.59 bits per heavy atom. The maximum Gasteiger partial charge on any atom is 0.314 e. The average molecular weight is 271 g/mol. The normalized spacial score (nSPS) is 10.6. The Morgan fingerprint density at radius 2 is 2.41 bits per heavy atom. The van der Waals surface area contributed by atoms with Gasteiger partial charge < -0.3 is 9.63 Å². The molecule has 17 heavy (non-hydrogen) atoms. The van der Waals surface area contributed by atoms with E-state index in [1.165, 1.54) is 11.3 Å². The van der Waals surface area contributed by atoms with Crippen LogP contribution in [-0.4, -0.2) is 32.0 Å². The highest BCUT2D eigenvalue weighted by molar-refractivity contribution is 7.99. The van der Waals surface area contributed by atoms with E-state index in [1.807, 2.05) is 12.3 Å². The van der Waals surface area contributed by atoms with Crippen LogP contribution in [0.5, 0.6) is 0 Å². The second-order valence-corrected chi connectivity index (χ2v) is 5.09. The quantitative estimate of drug-likeness (QED) is 0.826. The van der Waals surface area contributed by atoms with Crippen molar-refractivity contribution < 1.29 is 14.4 Å². The summed E-state index contributed by atoms with van der Waals surface area (Å²) in [7, 11) is 0. The van der Waals surface area contributed by atoms with Crippen LogP contribution < -0.4 is 0 Å². The zero-order chi connectivity index (χ0) is 12.3. The van der Waals surface area contributed by atoms with E-state index in [0.29, 0.717) is 12.2 Å². The molecule has 0 spiro atoms. The molecule has 2 heterocycles. The summed E-state index contributed by atoms with van der Waals surface area (Å²) in [6.45, 7) is 1.92. The number of carboxylic acids is 1. The summed E-state index contributed by atoms with van der Waals surface area (Å²) in [4.78, 5) is 18.7. The molecule has 2 rings (SSSR count). The lowest BCUT2D eigenvalue weighted by Gasteiger charge is -1.88. The number of nitrogens with zero attached hydrogens (tertiary/aromatic N) is 3. The molecular formula is C9H9N3O3S2. The summed E-state index contributed by atoms with van der Waals surface area (Å²) in [5.41, 5.74) is 0.967. The van der Waals surface area contributed by atoms with Crippen molar-refractivity contribution in [2.75, 3.05) is 5.75 Å². The molecule has 0 radical (unpaired) electrons. The Balaban J connectivity index is 1.96. The van der Waals surface area contributed by atoms with Crippen molar-refractivity contribution in [3.8, 4) is 0 Å². The smallest absolute Gasteiger partial charge is 0.314 e. The van der Waals surface area contributed by atoms with Crippen LogP contribution in [0.1, 0.15) is 16.5 Å². The fourth-order valence-corrected chi connectivity index (χ4v) is 2.39. The van der Waals surface area contributed by atoms with Gasteiger partial charge in [0.1, 0.15) is 10.8 Å². The van der Waals surface area contributed by atoms with Gasteiger partial charge in [-0.25, -0.2) is 4.98 Å². The van der Waals surface area contributed by atoms with Crippen LogP contribution in [-0.2, 0) is 11.2 Å². The molecule has 0 atom stereocenters. The molecule has 2 aromatic heterocycles. The minimum Gasteiger partial charge on any atom is -0.481 e. The highest BCUT2D eigenvalue weighted by Gasteiger charge is 2.10. The van der Waals surface area contributed by atoms with E-state index in [0.717, 1.165) is 22.5 Å². The van der Waals surface area contributed by atoms with Gasteiger partial charge in [-0.05, 0) is 6.92 Å². The molecule has 6 nitrogen and oxygen atoms in total. The lowest BCUT2D eigenvalue weighted by Crippen LogP contribution is -1.97. The third kappa shape index (κ3) is 3.53. The summed E-state index contributed by atoms with van der Waals surface area (Å²) in [5, 5.41) is 15.4. The lowest BCUT2D eigenvalue weighted by atomic mass is 10.4. The molecule has 0 aliphatic heterocycles. The van der Waals surface area contributed by atoms with E-state index in [9.17, 15) is 4.79 Å². The van der Waals surface area contributed by atoms with E-state index < -0.39 is 5.97 Å². The van der Waals surface area contributed by atoms with E-state index in [1.54, 1.807) is 0 Å². The van der Waals surface area contributed by atoms with Gasteiger partial charge in [-0.2, -0.15) is 4.98 Å². The third-order valence-corrected chi connectivity index (χ3v) is 3.52. The predicted octanol–water partition coefficient (Wildman–Crippen LogP) is 1.60. The van der Waals surface area contributed by atoms with Crippen LogP contribution in [0.4, 0.5) is 0 Å². The molecule has 2 aromatic rings. The van der Waals surface area contributed by atoms with Gasteiger partial charge in [-0.1, -0.05) is 16.9 Å². The Morgan fingerprint density at radius 3 is 3.06 bits per heavy atom. The average Bonchev–Trinajstić information content (AvgIpc) is 2.86. The minimum atomic E-state index is -0.912. The van der Waals surface area contributed by atoms with Crippen LogP contribution in [0.15, 0.2) is 15.1 Å². The van der Waals surface area contributed by atoms with Crippen molar-refractivity contribution in [2.24, 2.45) is 0 Å². The Kier molecular flexibility index (Phi) is 3.75. The van der Waals surface area contributed by atoms with Crippen LogP contribution in [0, 0.1) is 6.92 Å². The van der Waals surface area contributed by atoms with Gasteiger partial charge in [0, 0.05) is 11.1 Å². The predicted molar refractivity (Wildman–Crippen MR) is 62.3 cm³/mol. The molecular weight excluding hydrogens is 262 g/mol. The van der Waals surface area contributed by atoms with E-state index in [4.69, 9.17) is 9.63 Å². The zero-order valence-electron chi connectivity index (χ0n) is 8.91. The standard InChI is InChI=1S/C9H9N3O3S2/c1-5-3-16-7(10-5)2-6-11-9(15-12-6)17-4-8(13)14/h3H,2,4H2,1H3,(H,13,14). The lowest BCUT2D eigenvalue weighted by molar-refractivity contribution is -0.133. The zero-order valence-corrected chi connectivity index (χ0v) is 10.5. The van der Waals surface area contributed by atoms with Gasteiger partial charge in [-0.15, -0.1) is 11.3 Å². The summed E-state index contributed by atoms with van der Waals surface area (Å²) < 4.78 is 4.91. The number of aromatic nitrogens is 3. The van der Waals surface area contributed by atoms with Crippen molar-refractivity contribution >= 4 is 29.1 Å². The van der Waals surface area contributed by atoms with Crippen molar-refractivity contribution in [3.63, 3.8) is 0 Å². The number of rotatable bonds is 5. The van der Waals surface area contributed by atoms with Gasteiger partial charge in [0.15, 0.2) is 5.82 Å². The molecule has 90 valence electrons. The van der Waals surface area contributed by atoms with Crippen LogP contribution in [0.25, 0.3) is 0 Å². The maximum absolute atomic E-state index is 10.4. The highest BCUT2D eigenvalue weighted by atomic mass is 32.2. The fourth-order valence-electron chi connectivity index (χ4n) is 1.11. The molecule has 1 N–H and O–H groups in total. The number of carbonyl (C=O) groups is 1. The molecule has 0 amide bonds. The van der Waals surface area contributed by atoms with Gasteiger partial charge in [0.25, 0.3) is 5.22 Å². The van der Waals surface area contributed by atoms with E-state index >= 15 is 0 Å². The first kappa shape index (κ1) is 12.1. The van der Waals surface area contributed by atoms with Crippen molar-refractivity contribution in [1.82, 2.24) is 15.1 Å². The van der Waals surface area contributed by atoms with Gasteiger partial charge in [-0.3, -0.25) is 4.79 Å². The van der Waals surface area contributed by atoms with Crippen molar-refractivity contribution in [3.05, 3.63) is 21.9 Å². The summed E-state index contributed by atoms with van der Waals surface area (Å²) in [6.07, 6.45) is 0.510. The van der Waals surface area contributed by atoms with Gasteiger partial charge in [0.05, 0.1) is 6.42 Å². The highest BCUT2D eigenvalue weighted by Crippen LogP contribution is 2.17. The molecule has 0 fully saturated rings. The number of thioether (sulfide) groups is 1. The molecule has 0 unspecified atom stereocenters. The Hall–Kier alpha value is -1.41. The molecule has 0 saturated carbocycles. The van der Waals surface area contributed by atoms with Gasteiger partial charge in [0.2, 0.25) is 0 Å².